The summed E-state index contributed by atoms with van der Waals surface area (Å²) >= 11 is 0. The van der Waals surface area contributed by atoms with Gasteiger partial charge in [0, 0.05) is 5.92 Å². The van der Waals surface area contributed by atoms with Gasteiger partial charge in [-0.25, -0.2) is 0 Å². The molecule has 1 aliphatic heterocycles. The van der Waals surface area contributed by atoms with E-state index < -0.39 is 60.9 Å². The van der Waals surface area contributed by atoms with Crippen LogP contribution >= 0.6 is 0 Å². The van der Waals surface area contributed by atoms with E-state index >= 15 is 0 Å². The topological polar surface area (TPSA) is 162 Å². The second kappa shape index (κ2) is 21.0. The van der Waals surface area contributed by atoms with Crippen molar-refractivity contribution in [2.75, 3.05) is 6.61 Å². The van der Waals surface area contributed by atoms with Gasteiger partial charge in [0.15, 0.2) is 6.29 Å². The predicted molar refractivity (Wildman–Crippen MR) is 157 cm³/mol. The van der Waals surface area contributed by atoms with Crippen LogP contribution in [0.1, 0.15) is 58.8 Å². The molecule has 7 N–H and O–H groups in total. The lowest BCUT2D eigenvalue weighted by molar-refractivity contribution is -0.254. The Kier molecular flexibility index (Phi) is 18.5. The van der Waals surface area contributed by atoms with E-state index in [0.717, 1.165) is 32.1 Å². The quantitative estimate of drug-likeness (QED) is 0.140. The van der Waals surface area contributed by atoms with Gasteiger partial charge in [0.2, 0.25) is 11.8 Å². The number of nitrogens with two attached hydrogens (primary N) is 1. The zero-order valence-electron chi connectivity index (χ0n) is 23.7. The molecule has 1 aliphatic rings. The average molecular weight is 561 g/mol. The van der Waals surface area contributed by atoms with Crippen LogP contribution in [-0.2, 0) is 14.3 Å². The van der Waals surface area contributed by atoms with Crippen molar-refractivity contribution in [3.05, 3.63) is 72.9 Å². The Bertz CT molecular complexity index is 909. The lowest BCUT2D eigenvalue weighted by Crippen LogP contribution is -2.64. The van der Waals surface area contributed by atoms with Crippen molar-refractivity contribution >= 4 is 11.8 Å². The van der Waals surface area contributed by atoms with Crippen molar-refractivity contribution in [3.63, 3.8) is 0 Å². The molecule has 0 spiro atoms. The van der Waals surface area contributed by atoms with Crippen LogP contribution in [0.2, 0.25) is 0 Å². The third kappa shape index (κ3) is 13.5. The summed E-state index contributed by atoms with van der Waals surface area (Å²) in [4.78, 5) is 24.7. The van der Waals surface area contributed by atoms with Gasteiger partial charge in [-0.3, -0.25) is 9.59 Å². The molecule has 1 heterocycles. The normalized spacial score (nSPS) is 25.7. The molecule has 1 unspecified atom stereocenters. The highest BCUT2D eigenvalue weighted by Crippen LogP contribution is 2.22. The molecular formula is C31H48N2O7. The van der Waals surface area contributed by atoms with Gasteiger partial charge < -0.3 is 36.2 Å². The number of carbonyl (C=O) groups is 2. The first kappa shape index (κ1) is 35.2. The molecule has 40 heavy (non-hydrogen) atoms. The maximum Gasteiger partial charge on any atom is 0.224 e. The summed E-state index contributed by atoms with van der Waals surface area (Å²) in [7, 11) is 0. The van der Waals surface area contributed by atoms with Crippen LogP contribution in [0, 0.1) is 11.8 Å². The number of primary amides is 1. The smallest absolute Gasteiger partial charge is 0.224 e. The highest BCUT2D eigenvalue weighted by molar-refractivity contribution is 5.87. The minimum Gasteiger partial charge on any atom is -0.394 e. The average Bonchev–Trinajstić information content (AvgIpc) is 2.93. The second-order valence-electron chi connectivity index (χ2n) is 9.71. The van der Waals surface area contributed by atoms with Crippen molar-refractivity contribution in [1.82, 2.24) is 5.32 Å². The van der Waals surface area contributed by atoms with E-state index in [2.05, 4.69) is 66.9 Å². The second-order valence-corrected chi connectivity index (χ2v) is 9.71. The molecule has 1 saturated heterocycles. The Morgan fingerprint density at radius 2 is 1.25 bits per heavy atom. The first-order chi connectivity index (χ1) is 19.2. The molecule has 0 aromatic heterocycles. The Hall–Kier alpha value is -2.82. The number of allylic oxidation sites excluding steroid dienone is 12. The summed E-state index contributed by atoms with van der Waals surface area (Å²) in [6, 6.07) is -1.33. The Labute approximate surface area is 238 Å². The summed E-state index contributed by atoms with van der Waals surface area (Å²) < 4.78 is 5.05. The number of aliphatic hydroxyl groups excluding tert-OH is 4. The van der Waals surface area contributed by atoms with Gasteiger partial charge in [0.05, 0.1) is 12.5 Å². The molecule has 0 aliphatic carbocycles. The van der Waals surface area contributed by atoms with Gasteiger partial charge in [0.1, 0.15) is 24.4 Å². The summed E-state index contributed by atoms with van der Waals surface area (Å²) in [5, 5.41) is 41.9. The number of nitrogens with one attached hydrogen (secondary N) is 1. The third-order valence-electron chi connectivity index (χ3n) is 6.58. The van der Waals surface area contributed by atoms with Crippen LogP contribution in [0.25, 0.3) is 0 Å². The molecule has 0 saturated carbocycles. The molecule has 0 aromatic rings. The Morgan fingerprint density at radius 3 is 1.68 bits per heavy atom. The van der Waals surface area contributed by atoms with E-state index in [4.69, 9.17) is 15.6 Å². The molecule has 224 valence electrons. The van der Waals surface area contributed by atoms with Gasteiger partial charge in [-0.15, -0.1) is 0 Å². The van der Waals surface area contributed by atoms with Gasteiger partial charge in [-0.05, 0) is 44.9 Å². The molecule has 1 rings (SSSR count). The molecule has 2 amide bonds. The van der Waals surface area contributed by atoms with Crippen molar-refractivity contribution in [2.24, 2.45) is 17.6 Å². The van der Waals surface area contributed by atoms with E-state index in [0.29, 0.717) is 6.42 Å². The maximum atomic E-state index is 12.7. The van der Waals surface area contributed by atoms with Crippen LogP contribution < -0.4 is 11.1 Å². The number of rotatable bonds is 18. The number of ether oxygens (including phenoxy) is 1. The van der Waals surface area contributed by atoms with E-state index in [1.165, 1.54) is 6.92 Å². The van der Waals surface area contributed by atoms with Crippen molar-refractivity contribution in [1.29, 1.82) is 0 Å². The maximum absolute atomic E-state index is 12.7. The summed E-state index contributed by atoms with van der Waals surface area (Å²) in [5.74, 6) is -2.94. The van der Waals surface area contributed by atoms with Crippen LogP contribution in [0.3, 0.4) is 0 Å². The SMILES string of the molecule is CCC=CCC=CCC=CCC=CCC=CCC=CCC(C(N)=O)[C@H](C)C(=O)N[C@@H]1[C@@H](O)[C@H](O)[C@@H](CO)O[C@H]1O. The van der Waals surface area contributed by atoms with E-state index in [9.17, 15) is 24.9 Å². The zero-order chi connectivity index (χ0) is 29.8. The largest absolute Gasteiger partial charge is 0.394 e. The van der Waals surface area contributed by atoms with Gasteiger partial charge in [0.25, 0.3) is 0 Å². The lowest BCUT2D eigenvalue weighted by Gasteiger charge is -2.40. The minimum atomic E-state index is -1.64. The lowest BCUT2D eigenvalue weighted by atomic mass is 9.88. The Balaban J connectivity index is 2.38. The zero-order valence-corrected chi connectivity index (χ0v) is 23.7. The predicted octanol–water partition coefficient (Wildman–Crippen LogP) is 2.73. The fourth-order valence-electron chi connectivity index (χ4n) is 4.06. The molecule has 0 bridgehead atoms. The van der Waals surface area contributed by atoms with E-state index in [1.807, 2.05) is 12.2 Å². The highest BCUT2D eigenvalue weighted by atomic mass is 16.6. The first-order valence-corrected chi connectivity index (χ1v) is 14.0. The highest BCUT2D eigenvalue weighted by Gasteiger charge is 2.45. The summed E-state index contributed by atoms with van der Waals surface area (Å²) in [6.07, 6.45) is 24.7. The minimum absolute atomic E-state index is 0.246. The number of amides is 2. The summed E-state index contributed by atoms with van der Waals surface area (Å²) in [5.41, 5.74) is 5.52. The van der Waals surface area contributed by atoms with Gasteiger partial charge in [-0.1, -0.05) is 86.8 Å². The fourth-order valence-corrected chi connectivity index (χ4v) is 4.06. The molecule has 0 radical (unpaired) electrons. The number of carbonyl (C=O) groups excluding carboxylic acids is 2. The third-order valence-corrected chi connectivity index (χ3v) is 6.58. The van der Waals surface area contributed by atoms with Gasteiger partial charge >= 0.3 is 0 Å². The van der Waals surface area contributed by atoms with Crippen LogP contribution in [0.15, 0.2) is 72.9 Å². The van der Waals surface area contributed by atoms with Crippen molar-refractivity contribution in [3.8, 4) is 0 Å². The molecular weight excluding hydrogens is 512 g/mol. The number of hydrogen-bond acceptors (Lipinski definition) is 7. The fraction of sp³-hybridized carbons (Fsp3) is 0.548. The number of hydrogen-bond donors (Lipinski definition) is 6. The summed E-state index contributed by atoms with van der Waals surface area (Å²) in [6.45, 7) is 3.04. The number of aliphatic hydroxyl groups is 4. The molecule has 0 aromatic carbocycles. The molecule has 9 nitrogen and oxygen atoms in total. The van der Waals surface area contributed by atoms with Crippen molar-refractivity contribution < 1.29 is 34.8 Å². The molecule has 7 atom stereocenters. The molecule has 9 heteroatoms. The first-order valence-electron chi connectivity index (χ1n) is 14.0. The van der Waals surface area contributed by atoms with E-state index in [1.54, 1.807) is 6.08 Å². The standard InChI is InChI=1S/C31H48N2O7/c1-3-4-5-6-7-8-9-10-11-12-13-14-15-16-17-18-19-20-21-24(29(32)37)23(2)30(38)33-26-28(36)27(35)25(22-34)40-31(26)39/h4-5,7-8,10-11,13-14,16-17,19-20,23-28,31,34-36,39H,3,6,9,12,15,18,21-22H2,1-2H3,(H2,32,37)(H,33,38)/t23-,24?,25+,26+,27+,28+,31+/m0/s1. The van der Waals surface area contributed by atoms with Crippen LogP contribution in [-0.4, -0.2) is 69.5 Å². The molecule has 1 fully saturated rings. The van der Waals surface area contributed by atoms with Crippen LogP contribution in [0.5, 0.6) is 0 Å². The van der Waals surface area contributed by atoms with Gasteiger partial charge in [-0.2, -0.15) is 0 Å². The van der Waals surface area contributed by atoms with Crippen LogP contribution in [0.4, 0.5) is 0 Å². The van der Waals surface area contributed by atoms with E-state index in [-0.39, 0.29) is 6.42 Å². The Morgan fingerprint density at radius 1 is 0.800 bits per heavy atom. The van der Waals surface area contributed by atoms with Crippen molar-refractivity contribution in [2.45, 2.75) is 89.4 Å². The monoisotopic (exact) mass is 560 g/mol.